The minimum absolute atomic E-state index is 0.331. The Hall–Kier alpha value is -0.840. The van der Waals surface area contributed by atoms with Crippen LogP contribution in [0.25, 0.3) is 0 Å². The molecule has 0 aliphatic heterocycles. The maximum Gasteiger partial charge on any atom is 0.319 e. The smallest absolute Gasteiger partial charge is 0.319 e. The molecule has 0 radical (unpaired) electrons. The summed E-state index contributed by atoms with van der Waals surface area (Å²) < 4.78 is 5.99. The number of aromatic nitrogens is 2. The molecule has 1 aromatic heterocycles. The highest BCUT2D eigenvalue weighted by molar-refractivity contribution is 9.10. The second-order valence-corrected chi connectivity index (χ2v) is 4.24. The van der Waals surface area contributed by atoms with Gasteiger partial charge in [-0.1, -0.05) is 13.8 Å². The molecule has 5 heteroatoms. The number of nitrogen functional groups attached to an aromatic ring is 1. The van der Waals surface area contributed by atoms with Crippen LogP contribution in [0.1, 0.15) is 20.3 Å². The number of nitrogens with zero attached hydrogens (tertiary/aromatic N) is 2. The van der Waals surface area contributed by atoms with Gasteiger partial charge >= 0.3 is 6.01 Å². The Bertz CT molecular complexity index is 284. The van der Waals surface area contributed by atoms with Crippen molar-refractivity contribution in [1.82, 2.24) is 9.97 Å². The summed E-state index contributed by atoms with van der Waals surface area (Å²) >= 11 is 3.22. The summed E-state index contributed by atoms with van der Waals surface area (Å²) in [6, 6.07) is 1.97. The molecule has 0 spiro atoms. The second-order valence-electron chi connectivity index (χ2n) is 3.43. The first-order valence-corrected chi connectivity index (χ1v) is 5.30. The van der Waals surface area contributed by atoms with E-state index in [1.807, 2.05) is 0 Å². The predicted octanol–water partition coefficient (Wildman–Crippen LogP) is 2.25. The molecule has 1 rings (SSSR count). The van der Waals surface area contributed by atoms with Crippen molar-refractivity contribution in [2.24, 2.45) is 5.92 Å². The molecular weight excluding hydrogens is 246 g/mol. The van der Waals surface area contributed by atoms with E-state index >= 15 is 0 Å². The third-order valence-corrected chi connectivity index (χ3v) is 2.03. The maximum absolute atomic E-state index is 5.53. The van der Waals surface area contributed by atoms with Crippen molar-refractivity contribution in [2.45, 2.75) is 20.3 Å². The second kappa shape index (κ2) is 5.14. The molecule has 78 valence electrons. The van der Waals surface area contributed by atoms with Crippen LogP contribution in [0.2, 0.25) is 0 Å². The van der Waals surface area contributed by atoms with Gasteiger partial charge < -0.3 is 10.5 Å². The van der Waals surface area contributed by atoms with Gasteiger partial charge in [0.2, 0.25) is 0 Å². The van der Waals surface area contributed by atoms with E-state index in [1.165, 1.54) is 0 Å². The van der Waals surface area contributed by atoms with Gasteiger partial charge in [-0.05, 0) is 28.3 Å². The van der Waals surface area contributed by atoms with Crippen LogP contribution in [0, 0.1) is 5.92 Å². The van der Waals surface area contributed by atoms with Gasteiger partial charge in [-0.3, -0.25) is 0 Å². The zero-order chi connectivity index (χ0) is 10.6. The highest BCUT2D eigenvalue weighted by Crippen LogP contribution is 2.14. The molecule has 1 aromatic rings. The summed E-state index contributed by atoms with van der Waals surface area (Å²) in [6.45, 7) is 4.90. The van der Waals surface area contributed by atoms with Gasteiger partial charge in [0.15, 0.2) is 0 Å². The zero-order valence-electron chi connectivity index (χ0n) is 8.33. The Labute approximate surface area is 92.0 Å². The maximum atomic E-state index is 5.53. The van der Waals surface area contributed by atoms with Crippen LogP contribution in [-0.2, 0) is 0 Å². The molecule has 0 aliphatic carbocycles. The molecule has 0 fully saturated rings. The Morgan fingerprint density at radius 2 is 2.21 bits per heavy atom. The predicted molar refractivity (Wildman–Crippen MR) is 59.1 cm³/mol. The first-order valence-electron chi connectivity index (χ1n) is 4.51. The Balaban J connectivity index is 2.50. The molecule has 0 saturated carbocycles. The zero-order valence-corrected chi connectivity index (χ0v) is 9.91. The third-order valence-electron chi connectivity index (χ3n) is 1.62. The molecule has 0 saturated heterocycles. The largest absolute Gasteiger partial charge is 0.463 e. The fourth-order valence-corrected chi connectivity index (χ4v) is 1.25. The lowest BCUT2D eigenvalue weighted by Crippen LogP contribution is -2.05. The SMILES string of the molecule is CC(C)CCOc1nc(N)cc(Br)n1. The first-order chi connectivity index (χ1) is 6.58. The monoisotopic (exact) mass is 259 g/mol. The average Bonchev–Trinajstić information content (AvgIpc) is 2.01. The molecule has 0 aliphatic rings. The van der Waals surface area contributed by atoms with Gasteiger partial charge in [0, 0.05) is 6.07 Å². The van der Waals surface area contributed by atoms with Crippen LogP contribution in [0.5, 0.6) is 6.01 Å². The van der Waals surface area contributed by atoms with E-state index in [4.69, 9.17) is 10.5 Å². The first kappa shape index (κ1) is 11.2. The minimum atomic E-state index is 0.331. The van der Waals surface area contributed by atoms with E-state index in [9.17, 15) is 0 Å². The van der Waals surface area contributed by atoms with Gasteiger partial charge in [-0.25, -0.2) is 0 Å². The highest BCUT2D eigenvalue weighted by Gasteiger charge is 2.02. The van der Waals surface area contributed by atoms with Crippen molar-refractivity contribution >= 4 is 21.7 Å². The van der Waals surface area contributed by atoms with Crippen LogP contribution in [0.3, 0.4) is 0 Å². The van der Waals surface area contributed by atoms with Crippen molar-refractivity contribution in [3.63, 3.8) is 0 Å². The number of ether oxygens (including phenoxy) is 1. The highest BCUT2D eigenvalue weighted by atomic mass is 79.9. The van der Waals surface area contributed by atoms with Gasteiger partial charge in [-0.15, -0.1) is 0 Å². The summed E-state index contributed by atoms with van der Waals surface area (Å²) in [7, 11) is 0. The summed E-state index contributed by atoms with van der Waals surface area (Å²) in [5.41, 5.74) is 5.53. The van der Waals surface area contributed by atoms with Crippen LogP contribution >= 0.6 is 15.9 Å². The third kappa shape index (κ3) is 3.91. The number of halogens is 1. The van der Waals surface area contributed by atoms with Crippen LogP contribution in [-0.4, -0.2) is 16.6 Å². The van der Waals surface area contributed by atoms with Crippen molar-refractivity contribution < 1.29 is 4.74 Å². The normalized spacial score (nSPS) is 10.6. The van der Waals surface area contributed by atoms with Crippen molar-refractivity contribution in [1.29, 1.82) is 0 Å². The van der Waals surface area contributed by atoms with Crippen molar-refractivity contribution in [3.8, 4) is 6.01 Å². The Kier molecular flexibility index (Phi) is 4.13. The molecule has 0 atom stereocenters. The topological polar surface area (TPSA) is 61.0 Å². The molecule has 1 heterocycles. The van der Waals surface area contributed by atoms with E-state index < -0.39 is 0 Å². The molecule has 2 N–H and O–H groups in total. The number of rotatable bonds is 4. The van der Waals surface area contributed by atoms with Crippen LogP contribution in [0.15, 0.2) is 10.7 Å². The molecule has 4 nitrogen and oxygen atoms in total. The summed E-state index contributed by atoms with van der Waals surface area (Å²) in [5, 5.41) is 0. The van der Waals surface area contributed by atoms with E-state index in [0.717, 1.165) is 6.42 Å². The average molecular weight is 260 g/mol. The quantitative estimate of drug-likeness (QED) is 0.843. The van der Waals surface area contributed by atoms with Gasteiger partial charge in [0.05, 0.1) is 6.61 Å². The molecular formula is C9H14BrN3O. The summed E-state index contributed by atoms with van der Waals surface area (Å²) in [6.07, 6.45) is 0.982. The molecule has 0 unspecified atom stereocenters. The lowest BCUT2D eigenvalue weighted by Gasteiger charge is -2.06. The van der Waals surface area contributed by atoms with Gasteiger partial charge in [-0.2, -0.15) is 9.97 Å². The molecule has 0 amide bonds. The van der Waals surface area contributed by atoms with E-state index in [2.05, 4.69) is 39.7 Å². The van der Waals surface area contributed by atoms with Gasteiger partial charge in [0.25, 0.3) is 0 Å². The Morgan fingerprint density at radius 3 is 2.79 bits per heavy atom. The number of hydrogen-bond acceptors (Lipinski definition) is 4. The lowest BCUT2D eigenvalue weighted by molar-refractivity contribution is 0.268. The minimum Gasteiger partial charge on any atom is -0.463 e. The van der Waals surface area contributed by atoms with Gasteiger partial charge in [0.1, 0.15) is 10.4 Å². The van der Waals surface area contributed by atoms with E-state index in [0.29, 0.717) is 29.0 Å². The Morgan fingerprint density at radius 1 is 1.50 bits per heavy atom. The lowest BCUT2D eigenvalue weighted by atomic mass is 10.1. The number of nitrogens with two attached hydrogens (primary N) is 1. The standard InChI is InChI=1S/C9H14BrN3O/c1-6(2)3-4-14-9-12-7(10)5-8(11)13-9/h5-6H,3-4H2,1-2H3,(H2,11,12,13). The van der Waals surface area contributed by atoms with Crippen LogP contribution < -0.4 is 10.5 Å². The fraction of sp³-hybridized carbons (Fsp3) is 0.556. The fourth-order valence-electron chi connectivity index (χ4n) is 0.864. The van der Waals surface area contributed by atoms with Crippen molar-refractivity contribution in [3.05, 3.63) is 10.7 Å². The molecule has 0 bridgehead atoms. The number of hydrogen-bond donors (Lipinski definition) is 1. The summed E-state index contributed by atoms with van der Waals surface area (Å²) in [5.74, 6) is 1.02. The van der Waals surface area contributed by atoms with Crippen LogP contribution in [0.4, 0.5) is 5.82 Å². The molecule has 0 aromatic carbocycles. The van der Waals surface area contributed by atoms with E-state index in [-0.39, 0.29) is 0 Å². The number of anilines is 1. The molecule has 14 heavy (non-hydrogen) atoms. The van der Waals surface area contributed by atoms with Crippen molar-refractivity contribution in [2.75, 3.05) is 12.3 Å². The van der Waals surface area contributed by atoms with E-state index in [1.54, 1.807) is 6.07 Å². The summed E-state index contributed by atoms with van der Waals surface area (Å²) in [4.78, 5) is 7.98.